The Kier molecular flexibility index (Phi) is 4.77. The smallest absolute Gasteiger partial charge is 0.387 e. The molecule has 2 rings (SSSR count). The number of halogens is 2. The first-order valence-electron chi connectivity index (χ1n) is 6.88. The maximum Gasteiger partial charge on any atom is 0.387 e. The Balaban J connectivity index is 1.90. The van der Waals surface area contributed by atoms with Gasteiger partial charge in [-0.3, -0.25) is 4.79 Å². The van der Waals surface area contributed by atoms with Crippen LogP contribution in [0.5, 0.6) is 5.75 Å². The monoisotopic (exact) mass is 299 g/mol. The number of nitrogens with one attached hydrogen (secondary N) is 1. The number of carbonyl (C=O) groups is 1. The van der Waals surface area contributed by atoms with Crippen LogP contribution in [0.2, 0.25) is 0 Å². The summed E-state index contributed by atoms with van der Waals surface area (Å²) < 4.78 is 28.3. The van der Waals surface area contributed by atoms with Crippen molar-refractivity contribution < 1.29 is 23.4 Å². The molecule has 21 heavy (non-hydrogen) atoms. The minimum atomic E-state index is -2.86. The molecule has 1 aromatic carbocycles. The molecule has 0 radical (unpaired) electrons. The quantitative estimate of drug-likeness (QED) is 0.810. The highest BCUT2D eigenvalue weighted by atomic mass is 19.3. The standard InChI is InChI=1S/C15H19F2NO3/c1-15(9-19,11-4-5-11)18-13(20)8-10-2-6-12(7-3-10)21-14(16)17/h2-3,6-7,11,14,19H,4-5,8-9H2,1H3,(H,18,20). The molecular weight excluding hydrogens is 280 g/mol. The van der Waals surface area contributed by atoms with Crippen molar-refractivity contribution in [3.05, 3.63) is 29.8 Å². The first kappa shape index (κ1) is 15.7. The normalized spacial score (nSPS) is 17.4. The molecule has 1 fully saturated rings. The van der Waals surface area contributed by atoms with Gasteiger partial charge in [0.2, 0.25) is 5.91 Å². The van der Waals surface area contributed by atoms with Crippen molar-refractivity contribution in [2.75, 3.05) is 6.61 Å². The Morgan fingerprint density at radius 3 is 2.52 bits per heavy atom. The summed E-state index contributed by atoms with van der Waals surface area (Å²) in [6.45, 7) is -1.12. The number of aliphatic hydroxyl groups excluding tert-OH is 1. The van der Waals surface area contributed by atoms with E-state index in [0.717, 1.165) is 12.8 Å². The Morgan fingerprint density at radius 1 is 1.43 bits per heavy atom. The second-order valence-corrected chi connectivity index (χ2v) is 5.60. The number of carbonyl (C=O) groups excluding carboxylic acids is 1. The van der Waals surface area contributed by atoms with Crippen LogP contribution in [0.3, 0.4) is 0 Å². The molecule has 0 saturated heterocycles. The lowest BCUT2D eigenvalue weighted by Crippen LogP contribution is -2.51. The number of benzene rings is 1. The summed E-state index contributed by atoms with van der Waals surface area (Å²) in [6.07, 6.45) is 2.16. The third kappa shape index (κ3) is 4.39. The van der Waals surface area contributed by atoms with E-state index < -0.39 is 12.2 Å². The van der Waals surface area contributed by atoms with Gasteiger partial charge in [0.15, 0.2) is 0 Å². The summed E-state index contributed by atoms with van der Waals surface area (Å²) in [7, 11) is 0. The Morgan fingerprint density at radius 2 is 2.05 bits per heavy atom. The molecule has 1 aromatic rings. The van der Waals surface area contributed by atoms with E-state index in [1.54, 1.807) is 12.1 Å². The predicted octanol–water partition coefficient (Wildman–Crippen LogP) is 2.11. The van der Waals surface area contributed by atoms with Crippen LogP contribution in [-0.4, -0.2) is 29.8 Å². The number of hydrogen-bond acceptors (Lipinski definition) is 3. The van der Waals surface area contributed by atoms with Crippen molar-refractivity contribution in [2.45, 2.75) is 38.3 Å². The third-order valence-corrected chi connectivity index (χ3v) is 3.75. The second kappa shape index (κ2) is 6.39. The zero-order chi connectivity index (χ0) is 15.5. The van der Waals surface area contributed by atoms with Crippen LogP contribution in [0.4, 0.5) is 8.78 Å². The molecule has 1 aliphatic carbocycles. The number of hydrogen-bond donors (Lipinski definition) is 2. The van der Waals surface area contributed by atoms with Crippen LogP contribution < -0.4 is 10.1 Å². The zero-order valence-electron chi connectivity index (χ0n) is 11.8. The second-order valence-electron chi connectivity index (χ2n) is 5.60. The number of aliphatic hydroxyl groups is 1. The molecule has 0 spiro atoms. The Labute approximate surface area is 122 Å². The summed E-state index contributed by atoms with van der Waals surface area (Å²) in [6, 6.07) is 5.96. The minimum absolute atomic E-state index is 0.0623. The molecule has 0 aromatic heterocycles. The van der Waals surface area contributed by atoms with Crippen LogP contribution >= 0.6 is 0 Å². The zero-order valence-corrected chi connectivity index (χ0v) is 11.8. The number of rotatable bonds is 7. The van der Waals surface area contributed by atoms with E-state index in [4.69, 9.17) is 0 Å². The molecule has 4 nitrogen and oxygen atoms in total. The van der Waals surface area contributed by atoms with Gasteiger partial charge < -0.3 is 15.2 Å². The van der Waals surface area contributed by atoms with E-state index in [2.05, 4.69) is 10.1 Å². The van der Waals surface area contributed by atoms with Gasteiger partial charge in [0.05, 0.1) is 18.6 Å². The number of ether oxygens (including phenoxy) is 1. The van der Waals surface area contributed by atoms with E-state index in [9.17, 15) is 18.7 Å². The van der Waals surface area contributed by atoms with Crippen molar-refractivity contribution >= 4 is 5.91 Å². The third-order valence-electron chi connectivity index (χ3n) is 3.75. The SMILES string of the molecule is CC(CO)(NC(=O)Cc1ccc(OC(F)F)cc1)C1CC1. The molecule has 0 aliphatic heterocycles. The van der Waals surface area contributed by atoms with E-state index in [1.165, 1.54) is 12.1 Å². The average Bonchev–Trinajstić information content (AvgIpc) is 3.25. The van der Waals surface area contributed by atoms with Gasteiger partial charge in [-0.1, -0.05) is 12.1 Å². The van der Waals surface area contributed by atoms with Crippen LogP contribution in [0.25, 0.3) is 0 Å². The van der Waals surface area contributed by atoms with Gasteiger partial charge in [0, 0.05) is 0 Å². The molecule has 0 heterocycles. The largest absolute Gasteiger partial charge is 0.435 e. The maximum atomic E-state index is 12.0. The maximum absolute atomic E-state index is 12.0. The fraction of sp³-hybridized carbons (Fsp3) is 0.533. The van der Waals surface area contributed by atoms with Gasteiger partial charge in [-0.15, -0.1) is 0 Å². The summed E-state index contributed by atoms with van der Waals surface area (Å²) in [5.74, 6) is 0.196. The molecule has 6 heteroatoms. The van der Waals surface area contributed by atoms with Gasteiger partial charge in [0.25, 0.3) is 0 Å². The molecular formula is C15H19F2NO3. The molecule has 1 amide bonds. The van der Waals surface area contributed by atoms with E-state index in [0.29, 0.717) is 11.5 Å². The summed E-state index contributed by atoms with van der Waals surface area (Å²) in [5.41, 5.74) is 0.126. The molecule has 1 atom stereocenters. The lowest BCUT2D eigenvalue weighted by Gasteiger charge is -2.28. The van der Waals surface area contributed by atoms with Crippen molar-refractivity contribution in [1.29, 1.82) is 0 Å². The van der Waals surface area contributed by atoms with Crippen molar-refractivity contribution in [3.63, 3.8) is 0 Å². The molecule has 1 saturated carbocycles. The van der Waals surface area contributed by atoms with Gasteiger partial charge in [-0.2, -0.15) is 8.78 Å². The Hall–Kier alpha value is -1.69. The molecule has 1 aliphatic rings. The van der Waals surface area contributed by atoms with E-state index >= 15 is 0 Å². The highest BCUT2D eigenvalue weighted by molar-refractivity contribution is 5.79. The van der Waals surface area contributed by atoms with Gasteiger partial charge in [-0.25, -0.2) is 0 Å². The van der Waals surface area contributed by atoms with Crippen LogP contribution in [0.15, 0.2) is 24.3 Å². The number of alkyl halides is 2. The molecule has 1 unspecified atom stereocenters. The van der Waals surface area contributed by atoms with Crippen LogP contribution in [-0.2, 0) is 11.2 Å². The number of amides is 1. The first-order valence-corrected chi connectivity index (χ1v) is 6.88. The molecule has 2 N–H and O–H groups in total. The Bertz CT molecular complexity index is 488. The molecule has 0 bridgehead atoms. The topological polar surface area (TPSA) is 58.6 Å². The highest BCUT2D eigenvalue weighted by Crippen LogP contribution is 2.39. The fourth-order valence-electron chi connectivity index (χ4n) is 2.33. The van der Waals surface area contributed by atoms with Gasteiger partial charge >= 0.3 is 6.61 Å². The minimum Gasteiger partial charge on any atom is -0.435 e. The first-order chi connectivity index (χ1) is 9.93. The van der Waals surface area contributed by atoms with Crippen LogP contribution in [0.1, 0.15) is 25.3 Å². The van der Waals surface area contributed by atoms with Gasteiger partial charge in [-0.05, 0) is 43.4 Å². The van der Waals surface area contributed by atoms with E-state index in [1.807, 2.05) is 6.92 Å². The summed E-state index contributed by atoms with van der Waals surface area (Å²) in [4.78, 5) is 12.0. The van der Waals surface area contributed by atoms with E-state index in [-0.39, 0.29) is 24.7 Å². The predicted molar refractivity (Wildman–Crippen MR) is 73.1 cm³/mol. The van der Waals surface area contributed by atoms with Gasteiger partial charge in [0.1, 0.15) is 5.75 Å². The van der Waals surface area contributed by atoms with Crippen molar-refractivity contribution in [3.8, 4) is 5.75 Å². The fourth-order valence-corrected chi connectivity index (χ4v) is 2.33. The highest BCUT2D eigenvalue weighted by Gasteiger charge is 2.42. The lowest BCUT2D eigenvalue weighted by molar-refractivity contribution is -0.123. The van der Waals surface area contributed by atoms with Crippen molar-refractivity contribution in [2.24, 2.45) is 5.92 Å². The summed E-state index contributed by atoms with van der Waals surface area (Å²) >= 11 is 0. The van der Waals surface area contributed by atoms with Crippen LogP contribution in [0, 0.1) is 5.92 Å². The average molecular weight is 299 g/mol. The van der Waals surface area contributed by atoms with Crippen molar-refractivity contribution in [1.82, 2.24) is 5.32 Å². The lowest BCUT2D eigenvalue weighted by atomic mass is 9.96. The molecule has 116 valence electrons. The summed E-state index contributed by atoms with van der Waals surface area (Å²) in [5, 5.41) is 12.3.